The minimum Gasteiger partial charge on any atom is -0.465 e. The molecular formula is C12H14N4O2. The molecule has 2 rings (SSSR count). The average Bonchev–Trinajstić information content (AvgIpc) is 2.82. The molecule has 0 fully saturated rings. The van der Waals surface area contributed by atoms with E-state index in [0.29, 0.717) is 23.7 Å². The molecule has 18 heavy (non-hydrogen) atoms. The minimum absolute atomic E-state index is 0.206. The SMILES string of the molecule is Cc1ccc(CNC(=O)c2ccnc(NN)c2)o1. The molecule has 0 aliphatic carbocycles. The highest BCUT2D eigenvalue weighted by atomic mass is 16.3. The van der Waals surface area contributed by atoms with E-state index in [1.807, 2.05) is 19.1 Å². The lowest BCUT2D eigenvalue weighted by Gasteiger charge is -2.04. The van der Waals surface area contributed by atoms with Crippen molar-refractivity contribution in [1.82, 2.24) is 10.3 Å². The third-order valence-corrected chi connectivity index (χ3v) is 2.39. The van der Waals surface area contributed by atoms with Crippen LogP contribution < -0.4 is 16.6 Å². The predicted molar refractivity (Wildman–Crippen MR) is 66.7 cm³/mol. The van der Waals surface area contributed by atoms with Crippen LogP contribution in [0.1, 0.15) is 21.9 Å². The molecule has 0 bridgehead atoms. The molecule has 0 atom stereocenters. The number of pyridine rings is 1. The number of aromatic nitrogens is 1. The number of anilines is 1. The Morgan fingerprint density at radius 3 is 2.94 bits per heavy atom. The summed E-state index contributed by atoms with van der Waals surface area (Å²) in [5, 5.41) is 2.75. The molecule has 94 valence electrons. The summed E-state index contributed by atoms with van der Waals surface area (Å²) < 4.78 is 5.36. The van der Waals surface area contributed by atoms with Crippen LogP contribution >= 0.6 is 0 Å². The van der Waals surface area contributed by atoms with Crippen LogP contribution in [0, 0.1) is 6.92 Å². The molecule has 0 aromatic carbocycles. The third kappa shape index (κ3) is 2.86. The fraction of sp³-hybridized carbons (Fsp3) is 0.167. The van der Waals surface area contributed by atoms with Gasteiger partial charge in [-0.1, -0.05) is 0 Å². The van der Waals surface area contributed by atoms with Crippen molar-refractivity contribution in [3.8, 4) is 0 Å². The van der Waals surface area contributed by atoms with Crippen molar-refractivity contribution < 1.29 is 9.21 Å². The van der Waals surface area contributed by atoms with Crippen LogP contribution in [0.3, 0.4) is 0 Å². The number of hydrogen-bond donors (Lipinski definition) is 3. The van der Waals surface area contributed by atoms with Gasteiger partial charge in [0.15, 0.2) is 0 Å². The van der Waals surface area contributed by atoms with Gasteiger partial charge >= 0.3 is 0 Å². The maximum absolute atomic E-state index is 11.8. The Morgan fingerprint density at radius 1 is 1.44 bits per heavy atom. The first-order valence-electron chi connectivity index (χ1n) is 5.45. The van der Waals surface area contributed by atoms with Crippen LogP contribution in [0.4, 0.5) is 5.82 Å². The van der Waals surface area contributed by atoms with Gasteiger partial charge in [-0.25, -0.2) is 10.8 Å². The number of nitrogens with one attached hydrogen (secondary N) is 2. The largest absolute Gasteiger partial charge is 0.465 e. The molecule has 0 unspecified atom stereocenters. The molecule has 0 radical (unpaired) electrons. The zero-order valence-corrected chi connectivity index (χ0v) is 9.93. The van der Waals surface area contributed by atoms with E-state index in [2.05, 4.69) is 15.7 Å². The zero-order chi connectivity index (χ0) is 13.0. The van der Waals surface area contributed by atoms with E-state index in [9.17, 15) is 4.79 Å². The standard InChI is InChI=1S/C12H14N4O2/c1-8-2-3-10(18-8)7-15-12(17)9-4-5-14-11(6-9)16-13/h2-6H,7,13H2,1H3,(H,14,16)(H,15,17). The van der Waals surface area contributed by atoms with E-state index in [0.717, 1.165) is 5.76 Å². The van der Waals surface area contributed by atoms with Crippen molar-refractivity contribution in [3.05, 3.63) is 47.5 Å². The highest BCUT2D eigenvalue weighted by Crippen LogP contribution is 2.08. The first kappa shape index (κ1) is 12.1. The maximum atomic E-state index is 11.8. The van der Waals surface area contributed by atoms with E-state index >= 15 is 0 Å². The van der Waals surface area contributed by atoms with Gasteiger partial charge in [0.25, 0.3) is 5.91 Å². The fourth-order valence-electron chi connectivity index (χ4n) is 1.50. The summed E-state index contributed by atoms with van der Waals surface area (Å²) in [6, 6.07) is 6.87. The molecule has 0 saturated carbocycles. The summed E-state index contributed by atoms with van der Waals surface area (Å²) in [5.41, 5.74) is 2.88. The number of furan rings is 1. The number of nitrogens with zero attached hydrogens (tertiary/aromatic N) is 1. The van der Waals surface area contributed by atoms with Crippen LogP contribution in [0.5, 0.6) is 0 Å². The van der Waals surface area contributed by atoms with E-state index in [4.69, 9.17) is 10.3 Å². The van der Waals surface area contributed by atoms with Crippen molar-refractivity contribution in [2.45, 2.75) is 13.5 Å². The highest BCUT2D eigenvalue weighted by molar-refractivity contribution is 5.94. The van der Waals surface area contributed by atoms with Gasteiger partial charge in [0, 0.05) is 11.8 Å². The Morgan fingerprint density at radius 2 is 2.28 bits per heavy atom. The molecule has 0 aliphatic rings. The average molecular weight is 246 g/mol. The Labute approximate surface area is 104 Å². The Balaban J connectivity index is 1.99. The van der Waals surface area contributed by atoms with E-state index in [-0.39, 0.29) is 5.91 Å². The smallest absolute Gasteiger partial charge is 0.251 e. The van der Waals surface area contributed by atoms with Crippen LogP contribution in [0.15, 0.2) is 34.9 Å². The number of nitrogens with two attached hydrogens (primary N) is 1. The number of nitrogen functional groups attached to an aromatic ring is 1. The molecule has 2 aromatic heterocycles. The van der Waals surface area contributed by atoms with Gasteiger partial charge in [-0.05, 0) is 31.2 Å². The summed E-state index contributed by atoms with van der Waals surface area (Å²) in [4.78, 5) is 15.8. The lowest BCUT2D eigenvalue weighted by molar-refractivity contribution is 0.0948. The van der Waals surface area contributed by atoms with Gasteiger partial charge in [0.1, 0.15) is 17.3 Å². The van der Waals surface area contributed by atoms with Gasteiger partial charge < -0.3 is 15.2 Å². The molecule has 0 saturated heterocycles. The van der Waals surface area contributed by atoms with E-state index < -0.39 is 0 Å². The van der Waals surface area contributed by atoms with Gasteiger partial charge in [-0.3, -0.25) is 4.79 Å². The van der Waals surface area contributed by atoms with Crippen LogP contribution in [-0.2, 0) is 6.54 Å². The summed E-state index contributed by atoms with van der Waals surface area (Å²) >= 11 is 0. The number of rotatable bonds is 4. The van der Waals surface area contributed by atoms with Crippen LogP contribution in [0.2, 0.25) is 0 Å². The summed E-state index contributed by atoms with van der Waals surface area (Å²) in [6.07, 6.45) is 1.52. The molecule has 1 amide bonds. The number of amides is 1. The van der Waals surface area contributed by atoms with E-state index in [1.54, 1.807) is 12.1 Å². The zero-order valence-electron chi connectivity index (χ0n) is 9.93. The number of hydrogen-bond acceptors (Lipinski definition) is 5. The summed E-state index contributed by atoms with van der Waals surface area (Å²) in [6.45, 7) is 2.20. The quantitative estimate of drug-likeness (QED) is 0.556. The second-order valence-electron chi connectivity index (χ2n) is 3.77. The highest BCUT2D eigenvalue weighted by Gasteiger charge is 2.07. The molecule has 6 nitrogen and oxygen atoms in total. The van der Waals surface area contributed by atoms with Crippen molar-refractivity contribution in [1.29, 1.82) is 0 Å². The van der Waals surface area contributed by atoms with Crippen molar-refractivity contribution in [2.24, 2.45) is 5.84 Å². The van der Waals surface area contributed by atoms with Crippen molar-refractivity contribution in [2.75, 3.05) is 5.43 Å². The predicted octanol–water partition coefficient (Wildman–Crippen LogP) is 1.20. The second-order valence-corrected chi connectivity index (χ2v) is 3.77. The number of carbonyl (C=O) groups excluding carboxylic acids is 1. The topological polar surface area (TPSA) is 93.2 Å². The molecule has 0 spiro atoms. The summed E-state index contributed by atoms with van der Waals surface area (Å²) in [5.74, 6) is 7.00. The van der Waals surface area contributed by atoms with Gasteiger partial charge in [0.2, 0.25) is 0 Å². The van der Waals surface area contributed by atoms with Gasteiger partial charge in [-0.15, -0.1) is 0 Å². The van der Waals surface area contributed by atoms with Crippen molar-refractivity contribution in [3.63, 3.8) is 0 Å². The normalized spacial score (nSPS) is 10.1. The Kier molecular flexibility index (Phi) is 3.59. The monoisotopic (exact) mass is 246 g/mol. The Hall–Kier alpha value is -2.34. The molecular weight excluding hydrogens is 232 g/mol. The lowest BCUT2D eigenvalue weighted by atomic mass is 10.2. The second kappa shape index (κ2) is 5.33. The number of hydrazine groups is 1. The van der Waals surface area contributed by atoms with Crippen LogP contribution in [-0.4, -0.2) is 10.9 Å². The number of carbonyl (C=O) groups is 1. The first-order valence-corrected chi connectivity index (χ1v) is 5.45. The molecule has 6 heteroatoms. The van der Waals surface area contributed by atoms with Crippen LogP contribution in [0.25, 0.3) is 0 Å². The first-order chi connectivity index (χ1) is 8.69. The number of aryl methyl sites for hydroxylation is 1. The minimum atomic E-state index is -0.206. The molecule has 0 aliphatic heterocycles. The molecule has 2 heterocycles. The Bertz CT molecular complexity index is 551. The molecule has 4 N–H and O–H groups in total. The third-order valence-electron chi connectivity index (χ3n) is 2.39. The maximum Gasteiger partial charge on any atom is 0.251 e. The fourth-order valence-corrected chi connectivity index (χ4v) is 1.50. The van der Waals surface area contributed by atoms with Crippen molar-refractivity contribution >= 4 is 11.7 Å². The lowest BCUT2D eigenvalue weighted by Crippen LogP contribution is -2.23. The van der Waals surface area contributed by atoms with Gasteiger partial charge in [-0.2, -0.15) is 0 Å². The van der Waals surface area contributed by atoms with E-state index in [1.165, 1.54) is 6.20 Å². The van der Waals surface area contributed by atoms with Gasteiger partial charge in [0.05, 0.1) is 6.54 Å². The summed E-state index contributed by atoms with van der Waals surface area (Å²) in [7, 11) is 0. The molecule has 2 aromatic rings.